The highest BCUT2D eigenvalue weighted by Gasteiger charge is 2.22. The summed E-state index contributed by atoms with van der Waals surface area (Å²) >= 11 is 0. The molecule has 0 aromatic heterocycles. The lowest BCUT2D eigenvalue weighted by Gasteiger charge is -2.27. The van der Waals surface area contributed by atoms with Crippen LogP contribution in [0.1, 0.15) is 25.8 Å². The predicted octanol–water partition coefficient (Wildman–Crippen LogP) is 2.80. The van der Waals surface area contributed by atoms with Crippen LogP contribution in [0.2, 0.25) is 0 Å². The summed E-state index contributed by atoms with van der Waals surface area (Å²) in [6.07, 6.45) is 0.941. The second-order valence-electron chi connectivity index (χ2n) is 6.15. The molecule has 0 radical (unpaired) electrons. The molecule has 1 aromatic rings. The van der Waals surface area contributed by atoms with Crippen molar-refractivity contribution in [3.63, 3.8) is 0 Å². The van der Waals surface area contributed by atoms with Gasteiger partial charge in [-0.05, 0) is 24.1 Å². The van der Waals surface area contributed by atoms with E-state index in [2.05, 4.69) is 35.5 Å². The van der Waals surface area contributed by atoms with Crippen molar-refractivity contribution in [2.45, 2.75) is 25.7 Å². The minimum absolute atomic E-state index is 0. The molecule has 0 atom stereocenters. The summed E-state index contributed by atoms with van der Waals surface area (Å²) < 4.78 is 15.8. The van der Waals surface area contributed by atoms with Gasteiger partial charge in [0.05, 0.1) is 14.2 Å². The van der Waals surface area contributed by atoms with Gasteiger partial charge < -0.3 is 24.8 Å². The van der Waals surface area contributed by atoms with E-state index < -0.39 is 0 Å². The van der Waals surface area contributed by atoms with E-state index in [1.54, 1.807) is 28.4 Å². The SMILES string of the molecule is CN=C(NCCCOC)NCC(C)(C)c1ccc(OC)c(OC)c1.I. The molecule has 0 bridgehead atoms. The lowest BCUT2D eigenvalue weighted by molar-refractivity contribution is 0.195. The van der Waals surface area contributed by atoms with Crippen LogP contribution in [0.15, 0.2) is 23.2 Å². The van der Waals surface area contributed by atoms with E-state index >= 15 is 0 Å². The van der Waals surface area contributed by atoms with Crippen molar-refractivity contribution in [3.05, 3.63) is 23.8 Å². The first-order chi connectivity index (χ1) is 11.5. The van der Waals surface area contributed by atoms with Gasteiger partial charge in [-0.2, -0.15) is 0 Å². The van der Waals surface area contributed by atoms with Crippen molar-refractivity contribution >= 4 is 29.9 Å². The van der Waals surface area contributed by atoms with E-state index in [-0.39, 0.29) is 29.4 Å². The summed E-state index contributed by atoms with van der Waals surface area (Å²) in [5.41, 5.74) is 1.08. The Morgan fingerprint density at radius 1 is 1.08 bits per heavy atom. The Morgan fingerprint density at radius 2 is 1.76 bits per heavy atom. The van der Waals surface area contributed by atoms with Gasteiger partial charge in [0.25, 0.3) is 0 Å². The molecule has 6 nitrogen and oxygen atoms in total. The molecule has 25 heavy (non-hydrogen) atoms. The number of aliphatic imine (C=N–C) groups is 1. The van der Waals surface area contributed by atoms with E-state index in [9.17, 15) is 0 Å². The van der Waals surface area contributed by atoms with Gasteiger partial charge in [0, 0.05) is 39.3 Å². The molecule has 0 heterocycles. The number of rotatable bonds is 9. The number of hydrogen-bond donors (Lipinski definition) is 2. The maximum Gasteiger partial charge on any atom is 0.191 e. The molecular weight excluding hydrogens is 433 g/mol. The number of methoxy groups -OCH3 is 3. The van der Waals surface area contributed by atoms with Crippen molar-refractivity contribution < 1.29 is 14.2 Å². The van der Waals surface area contributed by atoms with Gasteiger partial charge in [-0.3, -0.25) is 4.99 Å². The number of nitrogens with one attached hydrogen (secondary N) is 2. The summed E-state index contributed by atoms with van der Waals surface area (Å²) in [7, 11) is 6.77. The van der Waals surface area contributed by atoms with Crippen molar-refractivity contribution in [2.24, 2.45) is 4.99 Å². The first-order valence-electron chi connectivity index (χ1n) is 8.14. The fraction of sp³-hybridized carbons (Fsp3) is 0.611. The minimum Gasteiger partial charge on any atom is -0.493 e. The lowest BCUT2D eigenvalue weighted by atomic mass is 9.84. The Hall–Kier alpha value is -1.22. The van der Waals surface area contributed by atoms with Gasteiger partial charge in [0.1, 0.15) is 0 Å². The van der Waals surface area contributed by atoms with Crippen LogP contribution < -0.4 is 20.1 Å². The molecule has 0 aliphatic rings. The molecule has 0 amide bonds. The molecule has 0 unspecified atom stereocenters. The topological polar surface area (TPSA) is 64.1 Å². The Labute approximate surface area is 168 Å². The Kier molecular flexibility index (Phi) is 11.6. The highest BCUT2D eigenvalue weighted by Crippen LogP contribution is 2.32. The van der Waals surface area contributed by atoms with Crippen molar-refractivity contribution in [1.82, 2.24) is 10.6 Å². The van der Waals surface area contributed by atoms with Crippen molar-refractivity contribution in [1.29, 1.82) is 0 Å². The smallest absolute Gasteiger partial charge is 0.191 e. The molecule has 0 saturated heterocycles. The Bertz CT molecular complexity index is 536. The third kappa shape index (κ3) is 7.68. The number of nitrogens with zero attached hydrogens (tertiary/aromatic N) is 1. The second kappa shape index (κ2) is 12.2. The monoisotopic (exact) mass is 465 g/mol. The molecule has 2 N–H and O–H groups in total. The van der Waals surface area contributed by atoms with Gasteiger partial charge in [0.2, 0.25) is 0 Å². The first-order valence-corrected chi connectivity index (χ1v) is 8.14. The van der Waals surface area contributed by atoms with Crippen molar-refractivity contribution in [3.8, 4) is 11.5 Å². The predicted molar refractivity (Wildman–Crippen MR) is 114 cm³/mol. The minimum atomic E-state index is -0.0936. The van der Waals surface area contributed by atoms with E-state index in [1.807, 2.05) is 12.1 Å². The Balaban J connectivity index is 0.00000576. The summed E-state index contributed by atoms with van der Waals surface area (Å²) in [5, 5.41) is 6.66. The molecule has 1 rings (SSSR count). The van der Waals surface area contributed by atoms with Crippen LogP contribution in [0, 0.1) is 0 Å². The first kappa shape index (κ1) is 23.8. The maximum atomic E-state index is 5.40. The lowest BCUT2D eigenvalue weighted by Crippen LogP contribution is -2.43. The van der Waals surface area contributed by atoms with Crippen LogP contribution in [0.3, 0.4) is 0 Å². The van der Waals surface area contributed by atoms with Gasteiger partial charge in [0.15, 0.2) is 17.5 Å². The zero-order valence-electron chi connectivity index (χ0n) is 16.1. The van der Waals surface area contributed by atoms with Crippen LogP contribution in [-0.2, 0) is 10.2 Å². The van der Waals surface area contributed by atoms with Crippen LogP contribution in [0.25, 0.3) is 0 Å². The molecule has 0 saturated carbocycles. The number of guanidine groups is 1. The van der Waals surface area contributed by atoms with Crippen molar-refractivity contribution in [2.75, 3.05) is 48.1 Å². The molecule has 0 aliphatic carbocycles. The van der Waals surface area contributed by atoms with Crippen LogP contribution >= 0.6 is 24.0 Å². The highest BCUT2D eigenvalue weighted by molar-refractivity contribution is 14.0. The quantitative estimate of drug-likeness (QED) is 0.254. The van der Waals surface area contributed by atoms with Crippen LogP contribution in [0.5, 0.6) is 11.5 Å². The van der Waals surface area contributed by atoms with E-state index in [4.69, 9.17) is 14.2 Å². The maximum absolute atomic E-state index is 5.40. The number of halogens is 1. The summed E-state index contributed by atoms with van der Waals surface area (Å²) in [5.74, 6) is 2.27. The molecule has 144 valence electrons. The molecule has 1 aromatic carbocycles. The number of ether oxygens (including phenoxy) is 3. The molecule has 7 heteroatoms. The Morgan fingerprint density at radius 3 is 2.32 bits per heavy atom. The normalized spacial score (nSPS) is 11.5. The summed E-state index contributed by atoms with van der Waals surface area (Å²) in [4.78, 5) is 4.25. The van der Waals surface area contributed by atoms with Crippen LogP contribution in [-0.4, -0.2) is 54.0 Å². The zero-order valence-corrected chi connectivity index (χ0v) is 18.5. The summed E-state index contributed by atoms with van der Waals surface area (Å²) in [6, 6.07) is 6.03. The van der Waals surface area contributed by atoms with Gasteiger partial charge in [-0.15, -0.1) is 24.0 Å². The van der Waals surface area contributed by atoms with E-state index in [0.717, 1.165) is 43.6 Å². The molecule has 0 spiro atoms. The average Bonchev–Trinajstić information content (AvgIpc) is 2.60. The summed E-state index contributed by atoms with van der Waals surface area (Å²) in [6.45, 7) is 6.66. The second-order valence-corrected chi connectivity index (χ2v) is 6.15. The van der Waals surface area contributed by atoms with E-state index in [0.29, 0.717) is 0 Å². The molecule has 0 aliphatic heterocycles. The molecular formula is C18H32IN3O3. The zero-order chi connectivity index (χ0) is 18.0. The highest BCUT2D eigenvalue weighted by atomic mass is 127. The van der Waals surface area contributed by atoms with Gasteiger partial charge >= 0.3 is 0 Å². The average molecular weight is 465 g/mol. The van der Waals surface area contributed by atoms with Gasteiger partial charge in [-0.1, -0.05) is 19.9 Å². The largest absolute Gasteiger partial charge is 0.493 e. The third-order valence-electron chi connectivity index (χ3n) is 3.90. The molecule has 0 fully saturated rings. The van der Waals surface area contributed by atoms with E-state index in [1.165, 1.54) is 5.56 Å². The fourth-order valence-electron chi connectivity index (χ4n) is 2.31. The fourth-order valence-corrected chi connectivity index (χ4v) is 2.31. The number of hydrogen-bond acceptors (Lipinski definition) is 4. The van der Waals surface area contributed by atoms with Gasteiger partial charge in [-0.25, -0.2) is 0 Å². The number of benzene rings is 1. The standard InChI is InChI=1S/C18H31N3O3.HI/c1-18(2,13-21-17(19-3)20-10-7-11-22-4)14-8-9-15(23-5)16(12-14)24-6;/h8-9,12H,7,10-11,13H2,1-6H3,(H2,19,20,21);1H. The van der Waals surface area contributed by atoms with Crippen LogP contribution in [0.4, 0.5) is 0 Å². The third-order valence-corrected chi connectivity index (χ3v) is 3.90.